The molecule has 0 heterocycles. The van der Waals surface area contributed by atoms with Gasteiger partial charge in [-0.2, -0.15) is 0 Å². The Morgan fingerprint density at radius 1 is 1.10 bits per heavy atom. The molecule has 0 aliphatic rings. The fourth-order valence-corrected chi connectivity index (χ4v) is 3.65. The highest BCUT2D eigenvalue weighted by Crippen LogP contribution is 2.29. The molecule has 1 amide bonds. The maximum atomic E-state index is 12.8. The molecule has 0 aromatic heterocycles. The second-order valence-electron chi connectivity index (χ2n) is 6.21. The molecule has 2 aromatic carbocycles. The molecule has 0 radical (unpaired) electrons. The Morgan fingerprint density at radius 2 is 1.76 bits per heavy atom. The summed E-state index contributed by atoms with van der Waals surface area (Å²) in [5, 5.41) is 5.53. The van der Waals surface area contributed by atoms with Gasteiger partial charge in [0.15, 0.2) is 0 Å². The zero-order valence-corrected chi connectivity index (χ0v) is 18.7. The van der Waals surface area contributed by atoms with Crippen LogP contribution in [0.5, 0.6) is 0 Å². The predicted molar refractivity (Wildman–Crippen MR) is 118 cm³/mol. The van der Waals surface area contributed by atoms with E-state index in [1.165, 1.54) is 24.1 Å². The Bertz CT molecular complexity index is 914. The zero-order chi connectivity index (χ0) is 21.6. The lowest BCUT2D eigenvalue weighted by Crippen LogP contribution is -2.35. The van der Waals surface area contributed by atoms with Gasteiger partial charge in [0.25, 0.3) is 5.91 Å². The average Bonchev–Trinajstić information content (AvgIpc) is 2.66. The Morgan fingerprint density at radius 3 is 2.31 bits per heavy atom. The molecule has 9 heteroatoms. The van der Waals surface area contributed by atoms with Gasteiger partial charge in [-0.05, 0) is 35.9 Å². The topological polar surface area (TPSA) is 59.0 Å². The molecule has 0 saturated carbocycles. The van der Waals surface area contributed by atoms with Crippen molar-refractivity contribution in [2.24, 2.45) is 5.16 Å². The number of carbonyl (C=O) groups excluding carboxylic acids is 2. The minimum Gasteiger partial charge on any atom is -0.399 e. The number of halogens is 4. The molecular formula is C20H18Cl4N2O3. The minimum absolute atomic E-state index is 0.107. The number of aldehydes is 1. The van der Waals surface area contributed by atoms with Crippen LogP contribution in [0.1, 0.15) is 28.3 Å². The molecule has 5 nitrogen and oxygen atoms in total. The van der Waals surface area contributed by atoms with E-state index in [1.807, 2.05) is 0 Å². The number of benzene rings is 2. The Kier molecular flexibility index (Phi) is 8.78. The second-order valence-corrected chi connectivity index (χ2v) is 7.90. The Balaban J connectivity index is 2.32. The van der Waals surface area contributed by atoms with Crippen molar-refractivity contribution in [1.29, 1.82) is 0 Å². The first-order valence-electron chi connectivity index (χ1n) is 8.46. The van der Waals surface area contributed by atoms with Gasteiger partial charge in [0.2, 0.25) is 0 Å². The number of oxime groups is 1. The summed E-state index contributed by atoms with van der Waals surface area (Å²) in [6.07, 6.45) is 0.905. The molecule has 0 fully saturated rings. The highest BCUT2D eigenvalue weighted by Gasteiger charge is 2.24. The van der Waals surface area contributed by atoms with E-state index < -0.39 is 5.92 Å². The number of amides is 1. The average molecular weight is 476 g/mol. The SMILES string of the molecule is CO/N=C(\CN(C)C(=O)c1cc(Cl)cc(Cl)c1)C(CC=O)c1ccc(Cl)c(Cl)c1. The lowest BCUT2D eigenvalue weighted by molar-refractivity contribution is -0.107. The minimum atomic E-state index is -0.444. The third-order valence-electron chi connectivity index (χ3n) is 4.14. The number of hydrogen-bond acceptors (Lipinski definition) is 4. The lowest BCUT2D eigenvalue weighted by atomic mass is 9.91. The van der Waals surface area contributed by atoms with Crippen molar-refractivity contribution in [2.45, 2.75) is 12.3 Å². The van der Waals surface area contributed by atoms with Crippen molar-refractivity contribution < 1.29 is 14.4 Å². The van der Waals surface area contributed by atoms with E-state index in [4.69, 9.17) is 51.2 Å². The van der Waals surface area contributed by atoms with E-state index in [1.54, 1.807) is 31.3 Å². The summed E-state index contributed by atoms with van der Waals surface area (Å²) < 4.78 is 0. The van der Waals surface area contributed by atoms with E-state index in [2.05, 4.69) is 5.16 Å². The summed E-state index contributed by atoms with van der Waals surface area (Å²) in [7, 11) is 3.00. The highest BCUT2D eigenvalue weighted by molar-refractivity contribution is 6.42. The maximum Gasteiger partial charge on any atom is 0.254 e. The largest absolute Gasteiger partial charge is 0.399 e. The van der Waals surface area contributed by atoms with Crippen LogP contribution >= 0.6 is 46.4 Å². The monoisotopic (exact) mass is 474 g/mol. The predicted octanol–water partition coefficient (Wildman–Crippen LogP) is 5.75. The van der Waals surface area contributed by atoms with Gasteiger partial charge >= 0.3 is 0 Å². The standard InChI is InChI=1S/C20H18Cl4N2O3/c1-26(20(28)13-7-14(21)10-15(22)8-13)11-19(25-29-2)16(5-6-27)12-3-4-17(23)18(24)9-12/h3-4,6-10,16H,5,11H2,1-2H3/b25-19+. The fraction of sp³-hybridized carbons (Fsp3) is 0.250. The lowest BCUT2D eigenvalue weighted by Gasteiger charge is -2.23. The van der Waals surface area contributed by atoms with Crippen LogP contribution in [0.2, 0.25) is 20.1 Å². The van der Waals surface area contributed by atoms with Gasteiger partial charge in [0.1, 0.15) is 13.4 Å². The van der Waals surface area contributed by atoms with Gasteiger partial charge in [-0.1, -0.05) is 57.6 Å². The van der Waals surface area contributed by atoms with Crippen LogP contribution < -0.4 is 0 Å². The number of nitrogens with zero attached hydrogens (tertiary/aromatic N) is 2. The summed E-state index contributed by atoms with van der Waals surface area (Å²) in [4.78, 5) is 30.5. The van der Waals surface area contributed by atoms with Gasteiger partial charge < -0.3 is 14.5 Å². The van der Waals surface area contributed by atoms with Crippen LogP contribution in [0.15, 0.2) is 41.6 Å². The summed E-state index contributed by atoms with van der Waals surface area (Å²) in [5.74, 6) is -0.752. The first kappa shape index (κ1) is 23.5. The van der Waals surface area contributed by atoms with E-state index in [-0.39, 0.29) is 18.9 Å². The first-order chi connectivity index (χ1) is 13.8. The van der Waals surface area contributed by atoms with Crippen LogP contribution in [-0.4, -0.2) is 43.5 Å². The van der Waals surface area contributed by atoms with Crippen LogP contribution in [0.25, 0.3) is 0 Å². The molecule has 0 spiro atoms. The van der Waals surface area contributed by atoms with E-state index in [0.29, 0.717) is 31.4 Å². The van der Waals surface area contributed by atoms with E-state index >= 15 is 0 Å². The molecule has 0 N–H and O–H groups in total. The van der Waals surface area contributed by atoms with Gasteiger partial charge in [-0.3, -0.25) is 4.79 Å². The smallest absolute Gasteiger partial charge is 0.254 e. The summed E-state index contributed by atoms with van der Waals surface area (Å²) in [5.41, 5.74) is 1.54. The van der Waals surface area contributed by atoms with Crippen molar-refractivity contribution in [3.8, 4) is 0 Å². The quantitative estimate of drug-likeness (QED) is 0.277. The molecule has 0 bridgehead atoms. The first-order valence-corrected chi connectivity index (χ1v) is 9.98. The summed E-state index contributed by atoms with van der Waals surface area (Å²) in [6, 6.07) is 9.67. The molecule has 2 rings (SSSR count). The van der Waals surface area contributed by atoms with Crippen molar-refractivity contribution in [1.82, 2.24) is 4.90 Å². The van der Waals surface area contributed by atoms with E-state index in [9.17, 15) is 9.59 Å². The van der Waals surface area contributed by atoms with Crippen LogP contribution in [0.4, 0.5) is 0 Å². The molecule has 1 atom stereocenters. The van der Waals surface area contributed by atoms with Gasteiger partial charge in [0, 0.05) is 35.0 Å². The number of hydrogen-bond donors (Lipinski definition) is 0. The summed E-state index contributed by atoms with van der Waals surface area (Å²) >= 11 is 24.1. The highest BCUT2D eigenvalue weighted by atomic mass is 35.5. The molecule has 0 saturated heterocycles. The van der Waals surface area contributed by atoms with Crippen LogP contribution in [0.3, 0.4) is 0 Å². The molecular weight excluding hydrogens is 458 g/mol. The van der Waals surface area contributed by atoms with Crippen molar-refractivity contribution in [3.05, 3.63) is 67.6 Å². The van der Waals surface area contributed by atoms with Gasteiger partial charge in [-0.25, -0.2) is 0 Å². The molecule has 154 valence electrons. The molecule has 0 aliphatic carbocycles. The third-order valence-corrected chi connectivity index (χ3v) is 5.32. The second kappa shape index (κ2) is 10.8. The zero-order valence-electron chi connectivity index (χ0n) is 15.7. The molecule has 2 aromatic rings. The molecule has 1 unspecified atom stereocenters. The number of rotatable bonds is 8. The summed E-state index contributed by atoms with van der Waals surface area (Å²) in [6.45, 7) is 0.107. The van der Waals surface area contributed by atoms with Crippen LogP contribution in [-0.2, 0) is 9.63 Å². The Hall–Kier alpha value is -1.79. The van der Waals surface area contributed by atoms with Crippen molar-refractivity contribution in [3.63, 3.8) is 0 Å². The normalized spacial score (nSPS) is 12.4. The van der Waals surface area contributed by atoms with Gasteiger partial charge in [-0.15, -0.1) is 0 Å². The molecule has 29 heavy (non-hydrogen) atoms. The van der Waals surface area contributed by atoms with Crippen molar-refractivity contribution >= 4 is 64.3 Å². The van der Waals surface area contributed by atoms with Crippen LogP contribution in [0, 0.1) is 0 Å². The number of carbonyl (C=O) groups is 2. The van der Waals surface area contributed by atoms with Crippen molar-refractivity contribution in [2.75, 3.05) is 20.7 Å². The third kappa shape index (κ3) is 6.34. The fourth-order valence-electron chi connectivity index (χ4n) is 2.82. The molecule has 0 aliphatic heterocycles. The van der Waals surface area contributed by atoms with Gasteiger partial charge in [0.05, 0.1) is 22.3 Å². The maximum absolute atomic E-state index is 12.8. The van der Waals surface area contributed by atoms with E-state index in [0.717, 1.165) is 11.8 Å². The Labute approximate surface area is 189 Å².